The Bertz CT molecular complexity index is 1350. The topological polar surface area (TPSA) is 34.4 Å². The summed E-state index contributed by atoms with van der Waals surface area (Å²) in [4.78, 5) is 18.6. The molecule has 0 amide bonds. The van der Waals surface area contributed by atoms with E-state index in [0.717, 1.165) is 21.6 Å². The van der Waals surface area contributed by atoms with E-state index in [1.54, 1.807) is 10.5 Å². The van der Waals surface area contributed by atoms with E-state index in [1.807, 2.05) is 66.9 Å². The van der Waals surface area contributed by atoms with Crippen molar-refractivity contribution in [2.45, 2.75) is 13.1 Å². The van der Waals surface area contributed by atoms with Gasteiger partial charge in [0, 0.05) is 0 Å². The van der Waals surface area contributed by atoms with Crippen molar-refractivity contribution >= 4 is 49.4 Å². The average molecular weight is 477 g/mol. The summed E-state index contributed by atoms with van der Waals surface area (Å²) in [6.07, 6.45) is 0.452. The van der Waals surface area contributed by atoms with Gasteiger partial charge < -0.3 is 0 Å². The summed E-state index contributed by atoms with van der Waals surface area (Å²) in [5, 5.41) is 5.13. The molecule has 32 heavy (non-hydrogen) atoms. The molecule has 0 saturated carbocycles. The molecule has 160 valence electrons. The van der Waals surface area contributed by atoms with Gasteiger partial charge in [0.2, 0.25) is 0 Å². The van der Waals surface area contributed by atoms with Crippen molar-refractivity contribution in [2.75, 3.05) is 0 Å². The van der Waals surface area contributed by atoms with Gasteiger partial charge in [0.15, 0.2) is 0 Å². The van der Waals surface area contributed by atoms with Gasteiger partial charge >= 0.3 is 196 Å². The Morgan fingerprint density at radius 2 is 1.31 bits per heavy atom. The summed E-state index contributed by atoms with van der Waals surface area (Å²) in [6.45, 7) is 1.92. The van der Waals surface area contributed by atoms with Crippen LogP contribution in [0.15, 0.2) is 107 Å². The zero-order valence-electron chi connectivity index (χ0n) is 17.6. The van der Waals surface area contributed by atoms with Crippen LogP contribution in [0.3, 0.4) is 0 Å². The van der Waals surface area contributed by atoms with E-state index in [9.17, 15) is 4.79 Å². The Balaban J connectivity index is 1.86. The monoisotopic (exact) mass is 476 g/mol. The van der Waals surface area contributed by atoms with Crippen LogP contribution in [-0.4, -0.2) is 9.38 Å². The van der Waals surface area contributed by atoms with Crippen molar-refractivity contribution in [1.82, 2.24) is 9.38 Å². The fourth-order valence-corrected chi connectivity index (χ4v) is 11.3. The van der Waals surface area contributed by atoms with Gasteiger partial charge in [-0.05, 0) is 0 Å². The summed E-state index contributed by atoms with van der Waals surface area (Å²) in [5.74, 6) is -3.52. The second-order valence-corrected chi connectivity index (χ2v) is 15.2. The standard InChI is InChI=1S/C26H22ClN2OPS/c1-20-19-32-26-28-21(17-25(30)29(20)26)18-31(27,22-11-5-2-6-12-22,23-13-7-3-8-14-23)24-15-9-4-10-16-24/h2-17,19H,18H2,1H3. The third-order valence-electron chi connectivity index (χ3n) is 5.97. The molecule has 0 saturated heterocycles. The maximum absolute atomic E-state index is 13.0. The fraction of sp³-hybridized carbons (Fsp3) is 0.0769. The summed E-state index contributed by atoms with van der Waals surface area (Å²) in [5.41, 5.74) is 1.53. The second kappa shape index (κ2) is 7.97. The van der Waals surface area contributed by atoms with Gasteiger partial charge in [-0.1, -0.05) is 0 Å². The molecule has 5 rings (SSSR count). The van der Waals surface area contributed by atoms with Gasteiger partial charge in [-0.2, -0.15) is 0 Å². The molecule has 0 N–H and O–H groups in total. The van der Waals surface area contributed by atoms with Gasteiger partial charge in [0.05, 0.1) is 0 Å². The Hall–Kier alpha value is -2.78. The SMILES string of the molecule is Cc1csc2nc(CP(Cl)(c3ccccc3)(c3ccccc3)c3ccccc3)cc(=O)n12. The number of benzene rings is 3. The van der Waals surface area contributed by atoms with Crippen LogP contribution in [0.2, 0.25) is 0 Å². The first-order valence-electron chi connectivity index (χ1n) is 10.4. The van der Waals surface area contributed by atoms with E-state index >= 15 is 0 Å². The van der Waals surface area contributed by atoms with Crippen molar-refractivity contribution < 1.29 is 0 Å². The molecule has 0 spiro atoms. The van der Waals surface area contributed by atoms with E-state index < -0.39 is 5.96 Å². The Labute approximate surface area is 195 Å². The first-order valence-corrected chi connectivity index (χ1v) is 14.6. The fourth-order valence-electron chi connectivity index (χ4n) is 4.42. The number of rotatable bonds is 5. The molecule has 3 aromatic carbocycles. The van der Waals surface area contributed by atoms with Crippen LogP contribution in [0, 0.1) is 6.92 Å². The zero-order valence-corrected chi connectivity index (χ0v) is 20.0. The van der Waals surface area contributed by atoms with E-state index in [0.29, 0.717) is 16.8 Å². The molecule has 2 aromatic heterocycles. The van der Waals surface area contributed by atoms with Crippen LogP contribution in [-0.2, 0) is 6.16 Å². The molecule has 6 heteroatoms. The van der Waals surface area contributed by atoms with Crippen LogP contribution in [0.25, 0.3) is 4.96 Å². The summed E-state index contributed by atoms with van der Waals surface area (Å²) in [7, 11) is 0. The molecular formula is C26H22ClN2OPS. The molecule has 0 aliphatic heterocycles. The predicted molar refractivity (Wildman–Crippen MR) is 139 cm³/mol. The third-order valence-corrected chi connectivity index (χ3v) is 14.1. The third kappa shape index (κ3) is 3.22. The Morgan fingerprint density at radius 3 is 1.78 bits per heavy atom. The minimum absolute atomic E-state index is 0.0698. The summed E-state index contributed by atoms with van der Waals surface area (Å²) in [6, 6.07) is 32.4. The number of halogens is 1. The molecule has 0 radical (unpaired) electrons. The number of aryl methyl sites for hydroxylation is 1. The quantitative estimate of drug-likeness (QED) is 0.325. The molecule has 2 heterocycles. The molecule has 3 nitrogen and oxygen atoms in total. The van der Waals surface area contributed by atoms with Gasteiger partial charge in [-0.3, -0.25) is 0 Å². The first-order chi connectivity index (χ1) is 15.5. The molecule has 0 aliphatic carbocycles. The number of hydrogen-bond acceptors (Lipinski definition) is 3. The molecular weight excluding hydrogens is 455 g/mol. The van der Waals surface area contributed by atoms with Crippen molar-refractivity contribution in [3.8, 4) is 0 Å². The Morgan fingerprint density at radius 1 is 0.844 bits per heavy atom. The molecule has 5 aromatic rings. The zero-order chi connectivity index (χ0) is 22.2. The molecule has 0 aliphatic rings. The van der Waals surface area contributed by atoms with Gasteiger partial charge in [-0.15, -0.1) is 0 Å². The number of hydrogen-bond donors (Lipinski definition) is 0. The van der Waals surface area contributed by atoms with Crippen LogP contribution in [0.5, 0.6) is 0 Å². The van der Waals surface area contributed by atoms with E-state index in [4.69, 9.17) is 16.2 Å². The van der Waals surface area contributed by atoms with Crippen molar-refractivity contribution in [3.05, 3.63) is 124 Å². The molecule has 0 atom stereocenters. The van der Waals surface area contributed by atoms with Crippen LogP contribution in [0.1, 0.15) is 11.4 Å². The van der Waals surface area contributed by atoms with Gasteiger partial charge in [-0.25, -0.2) is 0 Å². The van der Waals surface area contributed by atoms with E-state index in [-0.39, 0.29) is 5.56 Å². The van der Waals surface area contributed by atoms with E-state index in [2.05, 4.69) is 36.4 Å². The predicted octanol–water partition coefficient (Wildman–Crippen LogP) is 5.25. The number of aromatic nitrogens is 2. The van der Waals surface area contributed by atoms with Crippen molar-refractivity contribution in [3.63, 3.8) is 0 Å². The normalized spacial score (nSPS) is 13.0. The summed E-state index contributed by atoms with van der Waals surface area (Å²) < 4.78 is 1.66. The van der Waals surface area contributed by atoms with Crippen LogP contribution < -0.4 is 21.5 Å². The van der Waals surface area contributed by atoms with Gasteiger partial charge in [0.25, 0.3) is 0 Å². The molecule has 0 fully saturated rings. The number of thiazole rings is 1. The first kappa shape index (κ1) is 21.1. The Kier molecular flexibility index (Phi) is 5.25. The van der Waals surface area contributed by atoms with Crippen LogP contribution in [0.4, 0.5) is 0 Å². The van der Waals surface area contributed by atoms with Gasteiger partial charge in [0.1, 0.15) is 0 Å². The minimum atomic E-state index is -3.52. The molecule has 0 unspecified atom stereocenters. The van der Waals surface area contributed by atoms with Crippen LogP contribution >= 0.6 is 28.5 Å². The number of nitrogens with zero attached hydrogens (tertiary/aromatic N) is 2. The second-order valence-electron chi connectivity index (χ2n) is 7.93. The van der Waals surface area contributed by atoms with Crippen molar-refractivity contribution in [2.24, 2.45) is 0 Å². The van der Waals surface area contributed by atoms with Crippen molar-refractivity contribution in [1.29, 1.82) is 0 Å². The molecule has 0 bridgehead atoms. The average Bonchev–Trinajstić information content (AvgIpc) is 3.22. The maximum atomic E-state index is 13.0. The van der Waals surface area contributed by atoms with E-state index in [1.165, 1.54) is 11.3 Å². The number of fused-ring (bicyclic) bond motifs is 1. The summed E-state index contributed by atoms with van der Waals surface area (Å²) >= 11 is 9.58.